The summed E-state index contributed by atoms with van der Waals surface area (Å²) in [5, 5.41) is 5.92. The maximum Gasteiger partial charge on any atom is 0.252 e. The lowest BCUT2D eigenvalue weighted by atomic mass is 9.85. The quantitative estimate of drug-likeness (QED) is 0.604. The molecule has 1 aromatic heterocycles. The number of aromatic nitrogens is 1. The highest BCUT2D eigenvalue weighted by atomic mass is 32.1. The number of aryl methyl sites for hydroxylation is 1. The van der Waals surface area contributed by atoms with Gasteiger partial charge in [-0.05, 0) is 29.4 Å². The van der Waals surface area contributed by atoms with Crippen molar-refractivity contribution in [3.63, 3.8) is 0 Å². The van der Waals surface area contributed by atoms with Gasteiger partial charge in [0.2, 0.25) is 5.91 Å². The first-order valence-corrected chi connectivity index (χ1v) is 10.8. The maximum absolute atomic E-state index is 12.1. The van der Waals surface area contributed by atoms with E-state index in [-0.39, 0.29) is 36.2 Å². The first kappa shape index (κ1) is 23.0. The molecule has 0 fully saturated rings. The summed E-state index contributed by atoms with van der Waals surface area (Å²) in [6.07, 6.45) is 0.154. The molecule has 2 aromatic rings. The zero-order valence-electron chi connectivity index (χ0n) is 18.1. The van der Waals surface area contributed by atoms with Crippen molar-refractivity contribution in [1.82, 2.24) is 21.2 Å². The fourth-order valence-electron chi connectivity index (χ4n) is 2.98. The fraction of sp³-hybridized carbons (Fsp3) is 0.500. The van der Waals surface area contributed by atoms with Gasteiger partial charge in [-0.3, -0.25) is 20.4 Å². The van der Waals surface area contributed by atoms with Gasteiger partial charge in [0, 0.05) is 17.1 Å². The van der Waals surface area contributed by atoms with Gasteiger partial charge in [0.05, 0.1) is 13.0 Å². The van der Waals surface area contributed by atoms with Crippen LogP contribution in [0.3, 0.4) is 0 Å². The number of nitrogens with one attached hydrogen (secondary N) is 3. The smallest absolute Gasteiger partial charge is 0.252 e. The molecule has 29 heavy (non-hydrogen) atoms. The summed E-state index contributed by atoms with van der Waals surface area (Å²) in [6, 6.07) is 8.57. The molecule has 6 nitrogen and oxygen atoms in total. The molecule has 1 unspecified atom stereocenters. The first-order valence-electron chi connectivity index (χ1n) is 9.88. The number of hydrogen-bond donors (Lipinski definition) is 3. The van der Waals surface area contributed by atoms with Crippen LogP contribution in [0.5, 0.6) is 0 Å². The van der Waals surface area contributed by atoms with E-state index < -0.39 is 0 Å². The number of benzene rings is 1. The average Bonchev–Trinajstić information content (AvgIpc) is 3.04. The van der Waals surface area contributed by atoms with Gasteiger partial charge >= 0.3 is 0 Å². The van der Waals surface area contributed by atoms with Crippen LogP contribution in [0.15, 0.2) is 29.6 Å². The van der Waals surface area contributed by atoms with E-state index in [4.69, 9.17) is 0 Å². The van der Waals surface area contributed by atoms with Crippen LogP contribution in [0, 0.1) is 12.8 Å². The van der Waals surface area contributed by atoms with Gasteiger partial charge in [-0.15, -0.1) is 11.3 Å². The van der Waals surface area contributed by atoms with E-state index in [0.717, 1.165) is 16.3 Å². The predicted molar refractivity (Wildman–Crippen MR) is 118 cm³/mol. The number of rotatable bonds is 7. The molecule has 2 rings (SSSR count). The third-order valence-electron chi connectivity index (χ3n) is 4.60. The second kappa shape index (κ2) is 9.98. The lowest BCUT2D eigenvalue weighted by molar-refractivity contribution is -0.128. The zero-order chi connectivity index (χ0) is 21.6. The molecule has 0 saturated heterocycles. The van der Waals surface area contributed by atoms with Crippen LogP contribution < -0.4 is 16.2 Å². The van der Waals surface area contributed by atoms with Crippen LogP contribution in [0.25, 0.3) is 0 Å². The van der Waals surface area contributed by atoms with E-state index in [1.807, 2.05) is 12.3 Å². The summed E-state index contributed by atoms with van der Waals surface area (Å²) in [4.78, 5) is 28.3. The molecule has 0 aliphatic carbocycles. The second-order valence-corrected chi connectivity index (χ2v) is 9.57. The number of carbonyl (C=O) groups excluding carboxylic acids is 2. The van der Waals surface area contributed by atoms with Crippen LogP contribution in [0.4, 0.5) is 0 Å². The SMILES string of the molecule is Cc1csc(CC(=O)NNC(=O)CNC(c2ccc(C(C)(C)C)cc2)C(C)C)n1. The van der Waals surface area contributed by atoms with Gasteiger partial charge in [0.25, 0.3) is 5.91 Å². The van der Waals surface area contributed by atoms with Crippen LogP contribution >= 0.6 is 11.3 Å². The van der Waals surface area contributed by atoms with Crippen molar-refractivity contribution in [2.24, 2.45) is 5.92 Å². The van der Waals surface area contributed by atoms with E-state index in [1.54, 1.807) is 0 Å². The minimum atomic E-state index is -0.286. The van der Waals surface area contributed by atoms with Crippen molar-refractivity contribution >= 4 is 23.2 Å². The van der Waals surface area contributed by atoms with E-state index in [1.165, 1.54) is 16.9 Å². The number of thiazole rings is 1. The fourth-order valence-corrected chi connectivity index (χ4v) is 3.75. The Bertz CT molecular complexity index is 822. The van der Waals surface area contributed by atoms with Crippen molar-refractivity contribution in [1.29, 1.82) is 0 Å². The Morgan fingerprint density at radius 1 is 1.07 bits per heavy atom. The Hall–Kier alpha value is -2.25. The van der Waals surface area contributed by atoms with Crippen LogP contribution in [0.2, 0.25) is 0 Å². The molecule has 3 N–H and O–H groups in total. The molecule has 0 aliphatic rings. The average molecular weight is 417 g/mol. The minimum Gasteiger partial charge on any atom is -0.301 e. The Balaban J connectivity index is 1.84. The highest BCUT2D eigenvalue weighted by Crippen LogP contribution is 2.26. The highest BCUT2D eigenvalue weighted by molar-refractivity contribution is 7.09. The van der Waals surface area contributed by atoms with Crippen LogP contribution in [-0.2, 0) is 21.4 Å². The van der Waals surface area contributed by atoms with Crippen LogP contribution in [0.1, 0.15) is 62.5 Å². The van der Waals surface area contributed by atoms with E-state index in [0.29, 0.717) is 5.92 Å². The summed E-state index contributed by atoms with van der Waals surface area (Å²) in [5.74, 6) is -0.262. The molecule has 0 spiro atoms. The normalized spacial score (nSPS) is 12.7. The first-order chi connectivity index (χ1) is 13.6. The lowest BCUT2D eigenvalue weighted by Gasteiger charge is -2.25. The molecular formula is C22H32N4O2S. The molecule has 0 bridgehead atoms. The molecule has 0 radical (unpaired) electrons. The molecule has 0 aliphatic heterocycles. The summed E-state index contributed by atoms with van der Waals surface area (Å²) in [7, 11) is 0. The van der Waals surface area contributed by atoms with Crippen molar-refractivity contribution in [3.8, 4) is 0 Å². The van der Waals surface area contributed by atoms with Crippen molar-refractivity contribution in [2.75, 3.05) is 6.54 Å². The summed E-state index contributed by atoms with van der Waals surface area (Å²) in [5.41, 5.74) is 8.32. The van der Waals surface area contributed by atoms with Crippen molar-refractivity contribution in [2.45, 2.75) is 59.4 Å². The molecule has 1 atom stereocenters. The molecule has 0 saturated carbocycles. The predicted octanol–water partition coefficient (Wildman–Crippen LogP) is 3.43. The minimum absolute atomic E-state index is 0.0452. The number of hydrogen-bond acceptors (Lipinski definition) is 5. The standard InChI is InChI=1S/C22H32N4O2S/c1-14(2)21(16-7-9-17(10-8-16)22(4,5)6)23-12-19(28)26-25-18(27)11-20-24-15(3)13-29-20/h7-10,13-14,21,23H,11-12H2,1-6H3,(H,25,27)(H,26,28). The summed E-state index contributed by atoms with van der Waals surface area (Å²) >= 11 is 1.43. The number of carbonyl (C=O) groups is 2. The Morgan fingerprint density at radius 2 is 1.69 bits per heavy atom. The number of hydrazine groups is 1. The number of nitrogens with zero attached hydrogens (tertiary/aromatic N) is 1. The third kappa shape index (κ3) is 7.25. The molecule has 158 valence electrons. The van der Waals surface area contributed by atoms with E-state index >= 15 is 0 Å². The largest absolute Gasteiger partial charge is 0.301 e. The monoisotopic (exact) mass is 416 g/mol. The van der Waals surface area contributed by atoms with E-state index in [2.05, 4.69) is 80.0 Å². The second-order valence-electron chi connectivity index (χ2n) is 8.63. The van der Waals surface area contributed by atoms with Gasteiger partial charge in [0.15, 0.2) is 0 Å². The van der Waals surface area contributed by atoms with Crippen molar-refractivity contribution < 1.29 is 9.59 Å². The molecular weight excluding hydrogens is 384 g/mol. The number of amides is 2. The van der Waals surface area contributed by atoms with Gasteiger partial charge in [-0.25, -0.2) is 4.98 Å². The van der Waals surface area contributed by atoms with Gasteiger partial charge in [-0.1, -0.05) is 58.9 Å². The highest BCUT2D eigenvalue weighted by Gasteiger charge is 2.19. The third-order valence-corrected chi connectivity index (χ3v) is 5.57. The lowest BCUT2D eigenvalue weighted by Crippen LogP contribution is -2.46. The maximum atomic E-state index is 12.1. The summed E-state index contributed by atoms with van der Waals surface area (Å²) < 4.78 is 0. The van der Waals surface area contributed by atoms with Gasteiger partial charge < -0.3 is 5.32 Å². The van der Waals surface area contributed by atoms with Gasteiger partial charge in [-0.2, -0.15) is 0 Å². The van der Waals surface area contributed by atoms with Crippen LogP contribution in [-0.4, -0.2) is 23.3 Å². The molecule has 7 heteroatoms. The Labute approximate surface area is 177 Å². The molecule has 1 aromatic carbocycles. The van der Waals surface area contributed by atoms with Crippen molar-refractivity contribution in [3.05, 3.63) is 51.5 Å². The topological polar surface area (TPSA) is 83.1 Å². The zero-order valence-corrected chi connectivity index (χ0v) is 18.9. The Kier molecular flexibility index (Phi) is 7.93. The molecule has 2 amide bonds. The van der Waals surface area contributed by atoms with Gasteiger partial charge in [0.1, 0.15) is 5.01 Å². The van der Waals surface area contributed by atoms with E-state index in [9.17, 15) is 9.59 Å². The Morgan fingerprint density at radius 3 is 2.21 bits per heavy atom. The molecule has 1 heterocycles. The summed E-state index contributed by atoms with van der Waals surface area (Å²) in [6.45, 7) is 12.8.